The van der Waals surface area contributed by atoms with Crippen molar-refractivity contribution in [2.45, 2.75) is 38.9 Å². The van der Waals surface area contributed by atoms with Crippen LogP contribution in [0.1, 0.15) is 27.7 Å². The molecule has 1 aliphatic rings. The number of aromatic hydroxyl groups is 2. The Labute approximate surface area is 107 Å². The molecule has 18 heavy (non-hydrogen) atoms. The van der Waals surface area contributed by atoms with Gasteiger partial charge in [-0.1, -0.05) is 0 Å². The van der Waals surface area contributed by atoms with Crippen LogP contribution >= 0.6 is 0 Å². The molecule has 1 saturated heterocycles. The molecule has 1 aromatic rings. The standard InChI is InChI=1S/C12H18BNO4/c1-11(2)12(3,4)18-13(17-11)9-7(15)5-6-8(16)10(9)14/h5-6,15-16H,14H2,1-4H3. The monoisotopic (exact) mass is 251 g/mol. The number of hydrogen-bond acceptors (Lipinski definition) is 5. The van der Waals surface area contributed by atoms with Gasteiger partial charge in [0, 0.05) is 0 Å². The third-order valence-electron chi connectivity index (χ3n) is 3.73. The van der Waals surface area contributed by atoms with E-state index in [1.165, 1.54) is 12.1 Å². The second kappa shape index (κ2) is 3.80. The third kappa shape index (κ3) is 1.81. The summed E-state index contributed by atoms with van der Waals surface area (Å²) in [6.45, 7) is 7.62. The largest absolute Gasteiger partial charge is 0.508 e. The van der Waals surface area contributed by atoms with Crippen molar-refractivity contribution in [1.29, 1.82) is 0 Å². The fourth-order valence-corrected chi connectivity index (χ4v) is 1.82. The van der Waals surface area contributed by atoms with Gasteiger partial charge in [-0.3, -0.25) is 0 Å². The lowest BCUT2D eigenvalue weighted by Crippen LogP contribution is -2.41. The first kappa shape index (κ1) is 13.0. The number of nitrogen functional groups attached to an aromatic ring is 1. The Kier molecular flexibility index (Phi) is 2.75. The summed E-state index contributed by atoms with van der Waals surface area (Å²) in [6.07, 6.45) is 0. The summed E-state index contributed by atoms with van der Waals surface area (Å²) in [7, 11) is -0.790. The molecule has 0 spiro atoms. The number of hydrogen-bond donors (Lipinski definition) is 3. The molecular weight excluding hydrogens is 233 g/mol. The fourth-order valence-electron chi connectivity index (χ4n) is 1.82. The van der Waals surface area contributed by atoms with Crippen LogP contribution in [0, 0.1) is 0 Å². The molecule has 0 amide bonds. The van der Waals surface area contributed by atoms with Crippen molar-refractivity contribution < 1.29 is 19.5 Å². The zero-order chi connectivity index (χ0) is 13.7. The van der Waals surface area contributed by atoms with E-state index in [2.05, 4.69) is 0 Å². The van der Waals surface area contributed by atoms with E-state index in [0.717, 1.165) is 0 Å². The predicted octanol–water partition coefficient (Wildman–Crippen LogP) is 0.979. The van der Waals surface area contributed by atoms with E-state index < -0.39 is 18.3 Å². The minimum absolute atomic E-state index is 0.0520. The van der Waals surface area contributed by atoms with Crippen LogP contribution in [0.15, 0.2) is 12.1 Å². The molecule has 98 valence electrons. The Balaban J connectivity index is 2.44. The molecule has 5 nitrogen and oxygen atoms in total. The molecule has 0 atom stereocenters. The van der Waals surface area contributed by atoms with E-state index in [1.807, 2.05) is 27.7 Å². The molecular formula is C12H18BNO4. The highest BCUT2D eigenvalue weighted by molar-refractivity contribution is 6.65. The summed E-state index contributed by atoms with van der Waals surface area (Å²) in [6, 6.07) is 2.70. The number of phenols is 2. The number of anilines is 1. The van der Waals surface area contributed by atoms with E-state index in [0.29, 0.717) is 0 Å². The zero-order valence-corrected chi connectivity index (χ0v) is 11.0. The summed E-state index contributed by atoms with van der Waals surface area (Å²) in [4.78, 5) is 0. The molecule has 0 unspecified atom stereocenters. The van der Waals surface area contributed by atoms with Crippen LogP contribution in [0.3, 0.4) is 0 Å². The number of phenolic OH excluding ortho intramolecular Hbond substituents is 2. The zero-order valence-electron chi connectivity index (χ0n) is 11.0. The molecule has 6 heteroatoms. The number of benzene rings is 1. The summed E-state index contributed by atoms with van der Waals surface area (Å²) in [5.74, 6) is -0.152. The van der Waals surface area contributed by atoms with Crippen LogP contribution in [-0.2, 0) is 9.31 Å². The fraction of sp³-hybridized carbons (Fsp3) is 0.500. The van der Waals surface area contributed by atoms with Crippen molar-refractivity contribution in [2.24, 2.45) is 0 Å². The lowest BCUT2D eigenvalue weighted by molar-refractivity contribution is 0.00578. The van der Waals surface area contributed by atoms with Gasteiger partial charge in [-0.25, -0.2) is 0 Å². The summed E-state index contributed by atoms with van der Waals surface area (Å²) >= 11 is 0. The molecule has 1 aromatic carbocycles. The lowest BCUT2D eigenvalue weighted by atomic mass is 9.77. The van der Waals surface area contributed by atoms with Gasteiger partial charge < -0.3 is 25.3 Å². The smallest absolute Gasteiger partial charge is 0.500 e. The maximum atomic E-state index is 9.87. The van der Waals surface area contributed by atoms with Gasteiger partial charge >= 0.3 is 7.12 Å². The Bertz CT molecular complexity index is 471. The maximum absolute atomic E-state index is 9.87. The van der Waals surface area contributed by atoms with Crippen molar-refractivity contribution in [3.63, 3.8) is 0 Å². The quantitative estimate of drug-likeness (QED) is 0.300. The molecule has 0 aliphatic carbocycles. The lowest BCUT2D eigenvalue weighted by Gasteiger charge is -2.32. The minimum Gasteiger partial charge on any atom is -0.508 e. The van der Waals surface area contributed by atoms with Crippen LogP contribution in [0.25, 0.3) is 0 Å². The van der Waals surface area contributed by atoms with Crippen molar-refractivity contribution in [3.05, 3.63) is 12.1 Å². The van der Waals surface area contributed by atoms with Gasteiger partial charge in [0.25, 0.3) is 0 Å². The average Bonchev–Trinajstić information content (AvgIpc) is 2.43. The van der Waals surface area contributed by atoms with Crippen molar-refractivity contribution in [3.8, 4) is 11.5 Å². The molecule has 4 N–H and O–H groups in total. The van der Waals surface area contributed by atoms with Gasteiger partial charge in [-0.2, -0.15) is 0 Å². The highest BCUT2D eigenvalue weighted by atomic mass is 16.7. The predicted molar refractivity (Wildman–Crippen MR) is 69.9 cm³/mol. The van der Waals surface area contributed by atoms with Crippen LogP contribution in [0.4, 0.5) is 5.69 Å². The highest BCUT2D eigenvalue weighted by Crippen LogP contribution is 2.38. The van der Waals surface area contributed by atoms with E-state index in [4.69, 9.17) is 15.0 Å². The van der Waals surface area contributed by atoms with Gasteiger partial charge in [0.05, 0.1) is 22.4 Å². The first-order chi connectivity index (χ1) is 8.16. The van der Waals surface area contributed by atoms with Crippen molar-refractivity contribution in [2.75, 3.05) is 5.73 Å². The Morgan fingerprint density at radius 3 is 1.94 bits per heavy atom. The van der Waals surface area contributed by atoms with E-state index in [-0.39, 0.29) is 22.6 Å². The summed E-state index contributed by atoms with van der Waals surface area (Å²) in [5, 5.41) is 19.5. The molecule has 2 rings (SSSR count). The van der Waals surface area contributed by atoms with E-state index in [9.17, 15) is 10.2 Å². The SMILES string of the molecule is CC1(C)OB(c2c(O)ccc(O)c2N)OC1(C)C. The van der Waals surface area contributed by atoms with Crippen LogP contribution in [0.5, 0.6) is 11.5 Å². The molecule has 0 bridgehead atoms. The van der Waals surface area contributed by atoms with Crippen molar-refractivity contribution in [1.82, 2.24) is 0 Å². The van der Waals surface area contributed by atoms with E-state index >= 15 is 0 Å². The van der Waals surface area contributed by atoms with Crippen LogP contribution in [-0.4, -0.2) is 28.5 Å². The Morgan fingerprint density at radius 2 is 1.44 bits per heavy atom. The first-order valence-electron chi connectivity index (χ1n) is 5.81. The second-order valence-electron chi connectivity index (χ2n) is 5.52. The maximum Gasteiger partial charge on any atom is 0.500 e. The van der Waals surface area contributed by atoms with Gasteiger partial charge in [0.2, 0.25) is 0 Å². The molecule has 1 aliphatic heterocycles. The summed E-state index contributed by atoms with van der Waals surface area (Å²) < 4.78 is 11.6. The third-order valence-corrected chi connectivity index (χ3v) is 3.73. The van der Waals surface area contributed by atoms with Crippen molar-refractivity contribution >= 4 is 18.3 Å². The summed E-state index contributed by atoms with van der Waals surface area (Å²) in [5.41, 5.74) is 5.07. The van der Waals surface area contributed by atoms with Crippen LogP contribution < -0.4 is 11.2 Å². The minimum atomic E-state index is -0.790. The topological polar surface area (TPSA) is 84.9 Å². The Hall–Kier alpha value is -1.40. The van der Waals surface area contributed by atoms with Gasteiger partial charge in [0.15, 0.2) is 0 Å². The van der Waals surface area contributed by atoms with Gasteiger partial charge in [-0.05, 0) is 39.8 Å². The number of nitrogens with two attached hydrogens (primary N) is 1. The normalized spacial score (nSPS) is 21.2. The molecule has 0 saturated carbocycles. The average molecular weight is 251 g/mol. The first-order valence-corrected chi connectivity index (χ1v) is 5.81. The number of rotatable bonds is 1. The van der Waals surface area contributed by atoms with E-state index in [1.54, 1.807) is 0 Å². The molecule has 1 heterocycles. The van der Waals surface area contributed by atoms with Gasteiger partial charge in [0.1, 0.15) is 11.5 Å². The molecule has 0 radical (unpaired) electrons. The van der Waals surface area contributed by atoms with Gasteiger partial charge in [-0.15, -0.1) is 0 Å². The second-order valence-corrected chi connectivity index (χ2v) is 5.52. The van der Waals surface area contributed by atoms with Crippen LogP contribution in [0.2, 0.25) is 0 Å². The molecule has 1 fully saturated rings. The Morgan fingerprint density at radius 1 is 1.00 bits per heavy atom. The highest BCUT2D eigenvalue weighted by Gasteiger charge is 2.53. The molecule has 0 aromatic heterocycles.